The molecular formula is C22H26N4O3. The first kappa shape index (κ1) is 20.4. The lowest BCUT2D eigenvalue weighted by molar-refractivity contribution is -0.134. The van der Waals surface area contributed by atoms with Crippen molar-refractivity contribution in [2.45, 2.75) is 13.0 Å². The number of nitrogens with zero attached hydrogens (tertiary/aromatic N) is 2. The number of piperazine rings is 1. The van der Waals surface area contributed by atoms with Crippen molar-refractivity contribution in [3.63, 3.8) is 0 Å². The molecule has 29 heavy (non-hydrogen) atoms. The molecule has 7 heteroatoms. The van der Waals surface area contributed by atoms with Crippen LogP contribution in [0, 0.1) is 0 Å². The Balaban J connectivity index is 1.72. The Kier molecular flexibility index (Phi) is 6.84. The van der Waals surface area contributed by atoms with Crippen molar-refractivity contribution < 1.29 is 14.4 Å². The van der Waals surface area contributed by atoms with Crippen LogP contribution in [0.1, 0.15) is 28.9 Å². The molecule has 1 atom stereocenters. The smallest absolute Gasteiger partial charge is 0.317 e. The summed E-state index contributed by atoms with van der Waals surface area (Å²) < 4.78 is 0. The molecule has 4 amide bonds. The van der Waals surface area contributed by atoms with E-state index in [0.717, 1.165) is 5.56 Å². The van der Waals surface area contributed by atoms with Gasteiger partial charge in [-0.05, 0) is 24.6 Å². The van der Waals surface area contributed by atoms with Crippen LogP contribution in [-0.4, -0.2) is 60.4 Å². The fourth-order valence-electron chi connectivity index (χ4n) is 3.31. The number of rotatable bonds is 5. The minimum Gasteiger partial charge on any atom is -0.338 e. The molecule has 0 saturated carbocycles. The molecule has 7 nitrogen and oxygen atoms in total. The van der Waals surface area contributed by atoms with Gasteiger partial charge in [0.2, 0.25) is 5.91 Å². The zero-order valence-corrected chi connectivity index (χ0v) is 16.5. The summed E-state index contributed by atoms with van der Waals surface area (Å²) in [4.78, 5) is 41.3. The molecule has 1 aliphatic rings. The van der Waals surface area contributed by atoms with Crippen LogP contribution in [0.5, 0.6) is 0 Å². The Morgan fingerprint density at radius 1 is 0.862 bits per heavy atom. The highest BCUT2D eigenvalue weighted by molar-refractivity contribution is 5.97. The van der Waals surface area contributed by atoms with E-state index in [1.165, 1.54) is 0 Å². The first-order chi connectivity index (χ1) is 14.1. The van der Waals surface area contributed by atoms with E-state index >= 15 is 0 Å². The molecule has 2 aromatic rings. The van der Waals surface area contributed by atoms with Crippen molar-refractivity contribution in [3.8, 4) is 0 Å². The number of urea groups is 1. The number of carbonyl (C=O) groups excluding carboxylic acids is 3. The fourth-order valence-corrected chi connectivity index (χ4v) is 3.31. The number of amides is 4. The van der Waals surface area contributed by atoms with Gasteiger partial charge in [0.1, 0.15) is 6.04 Å². The van der Waals surface area contributed by atoms with Gasteiger partial charge in [-0.25, -0.2) is 4.79 Å². The summed E-state index contributed by atoms with van der Waals surface area (Å²) in [5.41, 5.74) is 1.23. The number of benzene rings is 2. The molecular weight excluding hydrogens is 368 g/mol. The zero-order chi connectivity index (χ0) is 20.6. The summed E-state index contributed by atoms with van der Waals surface area (Å²) in [6.07, 6.45) is 0. The Morgan fingerprint density at radius 3 is 2.00 bits per heavy atom. The predicted octanol–water partition coefficient (Wildman–Crippen LogP) is 2.03. The second kappa shape index (κ2) is 9.73. The molecule has 2 N–H and O–H groups in total. The van der Waals surface area contributed by atoms with Crippen LogP contribution >= 0.6 is 0 Å². The maximum absolute atomic E-state index is 13.3. The SMILES string of the molecule is CCNC(=O)N1CCN(C(=O)C(NC(=O)c2ccccc2)c2ccccc2)CC1. The molecule has 1 fully saturated rings. The Hall–Kier alpha value is -3.35. The van der Waals surface area contributed by atoms with Gasteiger partial charge in [-0.3, -0.25) is 9.59 Å². The van der Waals surface area contributed by atoms with Crippen molar-refractivity contribution in [2.24, 2.45) is 0 Å². The minimum atomic E-state index is -0.778. The number of carbonyl (C=O) groups is 3. The number of hydrogen-bond donors (Lipinski definition) is 2. The third kappa shape index (κ3) is 5.13. The Morgan fingerprint density at radius 2 is 1.41 bits per heavy atom. The molecule has 0 aromatic heterocycles. The van der Waals surface area contributed by atoms with Gasteiger partial charge in [-0.2, -0.15) is 0 Å². The van der Waals surface area contributed by atoms with E-state index in [-0.39, 0.29) is 17.8 Å². The van der Waals surface area contributed by atoms with Crippen LogP contribution in [0.3, 0.4) is 0 Å². The largest absolute Gasteiger partial charge is 0.338 e. The highest BCUT2D eigenvalue weighted by Gasteiger charge is 2.31. The lowest BCUT2D eigenvalue weighted by atomic mass is 10.0. The third-order valence-electron chi connectivity index (χ3n) is 4.90. The zero-order valence-electron chi connectivity index (χ0n) is 16.5. The van der Waals surface area contributed by atoms with E-state index in [1.807, 2.05) is 43.3 Å². The van der Waals surface area contributed by atoms with Crippen molar-refractivity contribution in [3.05, 3.63) is 71.8 Å². The summed E-state index contributed by atoms with van der Waals surface area (Å²) in [5.74, 6) is -0.468. The van der Waals surface area contributed by atoms with Crippen LogP contribution in [0.2, 0.25) is 0 Å². The maximum atomic E-state index is 13.3. The summed E-state index contributed by atoms with van der Waals surface area (Å²) in [6.45, 7) is 4.23. The highest BCUT2D eigenvalue weighted by Crippen LogP contribution is 2.18. The predicted molar refractivity (Wildman–Crippen MR) is 110 cm³/mol. The first-order valence-electron chi connectivity index (χ1n) is 9.82. The Bertz CT molecular complexity index is 834. The van der Waals surface area contributed by atoms with E-state index in [1.54, 1.807) is 34.1 Å². The molecule has 152 valence electrons. The molecule has 0 spiro atoms. The van der Waals surface area contributed by atoms with E-state index in [0.29, 0.717) is 38.3 Å². The van der Waals surface area contributed by atoms with Gasteiger partial charge in [-0.15, -0.1) is 0 Å². The minimum absolute atomic E-state index is 0.114. The van der Waals surface area contributed by atoms with E-state index in [9.17, 15) is 14.4 Å². The summed E-state index contributed by atoms with van der Waals surface area (Å²) >= 11 is 0. The van der Waals surface area contributed by atoms with Gasteiger partial charge in [0.25, 0.3) is 5.91 Å². The van der Waals surface area contributed by atoms with Crippen molar-refractivity contribution in [1.29, 1.82) is 0 Å². The summed E-state index contributed by atoms with van der Waals surface area (Å²) in [5, 5.41) is 5.66. The second-order valence-electron chi connectivity index (χ2n) is 6.83. The monoisotopic (exact) mass is 394 g/mol. The van der Waals surface area contributed by atoms with Gasteiger partial charge >= 0.3 is 6.03 Å². The lowest BCUT2D eigenvalue weighted by Gasteiger charge is -2.36. The fraction of sp³-hybridized carbons (Fsp3) is 0.318. The van der Waals surface area contributed by atoms with Gasteiger partial charge in [0.05, 0.1) is 0 Å². The van der Waals surface area contributed by atoms with Crippen LogP contribution in [-0.2, 0) is 4.79 Å². The normalized spacial score (nSPS) is 14.8. The lowest BCUT2D eigenvalue weighted by Crippen LogP contribution is -2.55. The van der Waals surface area contributed by atoms with Crippen molar-refractivity contribution >= 4 is 17.8 Å². The van der Waals surface area contributed by atoms with Gasteiger partial charge in [-0.1, -0.05) is 48.5 Å². The average Bonchev–Trinajstić information content (AvgIpc) is 2.78. The molecule has 1 aliphatic heterocycles. The van der Waals surface area contributed by atoms with Crippen molar-refractivity contribution in [2.75, 3.05) is 32.7 Å². The summed E-state index contributed by atoms with van der Waals surface area (Å²) in [7, 11) is 0. The quantitative estimate of drug-likeness (QED) is 0.814. The molecule has 1 heterocycles. The van der Waals surface area contributed by atoms with E-state index < -0.39 is 6.04 Å². The van der Waals surface area contributed by atoms with Gasteiger partial charge < -0.3 is 20.4 Å². The summed E-state index contributed by atoms with van der Waals surface area (Å²) in [6, 6.07) is 17.2. The number of hydrogen-bond acceptors (Lipinski definition) is 3. The Labute approximate surface area is 170 Å². The average molecular weight is 394 g/mol. The van der Waals surface area contributed by atoms with Crippen LogP contribution in [0.4, 0.5) is 4.79 Å². The molecule has 3 rings (SSSR count). The van der Waals surface area contributed by atoms with Crippen molar-refractivity contribution in [1.82, 2.24) is 20.4 Å². The topological polar surface area (TPSA) is 81.8 Å². The second-order valence-corrected chi connectivity index (χ2v) is 6.83. The third-order valence-corrected chi connectivity index (χ3v) is 4.90. The molecule has 1 unspecified atom stereocenters. The van der Waals surface area contributed by atoms with Crippen LogP contribution < -0.4 is 10.6 Å². The molecule has 0 bridgehead atoms. The molecule has 1 saturated heterocycles. The molecule has 0 aliphatic carbocycles. The van der Waals surface area contributed by atoms with Gasteiger partial charge in [0, 0.05) is 38.3 Å². The molecule has 2 aromatic carbocycles. The van der Waals surface area contributed by atoms with E-state index in [2.05, 4.69) is 10.6 Å². The first-order valence-corrected chi connectivity index (χ1v) is 9.82. The van der Waals surface area contributed by atoms with Crippen LogP contribution in [0.15, 0.2) is 60.7 Å². The van der Waals surface area contributed by atoms with E-state index in [4.69, 9.17) is 0 Å². The van der Waals surface area contributed by atoms with Crippen LogP contribution in [0.25, 0.3) is 0 Å². The highest BCUT2D eigenvalue weighted by atomic mass is 16.2. The maximum Gasteiger partial charge on any atom is 0.317 e. The molecule has 0 radical (unpaired) electrons. The standard InChI is InChI=1S/C22H26N4O3/c1-2-23-22(29)26-15-13-25(14-16-26)21(28)19(17-9-5-3-6-10-17)24-20(27)18-11-7-4-8-12-18/h3-12,19H,2,13-16H2,1H3,(H,23,29)(H,24,27). The number of nitrogens with one attached hydrogen (secondary N) is 2. The van der Waals surface area contributed by atoms with Gasteiger partial charge in [0.15, 0.2) is 0 Å².